The van der Waals surface area contributed by atoms with Gasteiger partial charge in [-0.2, -0.15) is 14.6 Å². The molecule has 0 radical (unpaired) electrons. The topological polar surface area (TPSA) is 83.8 Å². The molecule has 0 fully saturated rings. The van der Waals surface area contributed by atoms with Crippen LogP contribution < -0.4 is 5.32 Å². The molecule has 1 unspecified atom stereocenters. The minimum Gasteiger partial charge on any atom is -0.358 e. The average Bonchev–Trinajstić information content (AvgIpc) is 3.40. The molecule has 4 aromatic heterocycles. The smallest absolute Gasteiger partial charge is 0.228 e. The molecule has 0 spiro atoms. The zero-order valence-corrected chi connectivity index (χ0v) is 17.0. The van der Waals surface area contributed by atoms with Crippen LogP contribution in [0.4, 0.5) is 10.3 Å². The van der Waals surface area contributed by atoms with Crippen molar-refractivity contribution >= 4 is 22.5 Å². The fraction of sp³-hybridized carbons (Fsp3) is 0.167. The van der Waals surface area contributed by atoms with Crippen molar-refractivity contribution in [1.82, 2.24) is 29.5 Å². The molecule has 8 heteroatoms. The van der Waals surface area contributed by atoms with Gasteiger partial charge in [0.2, 0.25) is 5.95 Å². The number of H-pyrrole nitrogens is 1. The number of nitrogens with one attached hydrogen (secondary N) is 2. The molecule has 4 heterocycles. The number of rotatable bonds is 3. The van der Waals surface area contributed by atoms with E-state index in [2.05, 4.69) is 54.5 Å². The van der Waals surface area contributed by atoms with Crippen molar-refractivity contribution < 1.29 is 4.39 Å². The van der Waals surface area contributed by atoms with Gasteiger partial charge in [-0.15, -0.1) is 6.42 Å². The third kappa shape index (κ3) is 2.98. The molecule has 0 amide bonds. The number of pyridine rings is 1. The van der Waals surface area contributed by atoms with Gasteiger partial charge < -0.3 is 10.3 Å². The first-order valence-electron chi connectivity index (χ1n) is 10.4. The largest absolute Gasteiger partial charge is 0.358 e. The second-order valence-corrected chi connectivity index (χ2v) is 7.91. The molecule has 5 aromatic rings. The van der Waals surface area contributed by atoms with Crippen LogP contribution >= 0.6 is 0 Å². The third-order valence-electron chi connectivity index (χ3n) is 5.92. The molecule has 156 valence electrons. The third-order valence-corrected chi connectivity index (χ3v) is 5.92. The molecule has 0 saturated heterocycles. The molecular weight excluding hydrogens is 405 g/mol. The number of nitrogens with zero attached hydrogens (tertiary/aromatic N) is 5. The summed E-state index contributed by atoms with van der Waals surface area (Å²) in [4.78, 5) is 16.7. The Morgan fingerprint density at radius 2 is 2.09 bits per heavy atom. The summed E-state index contributed by atoms with van der Waals surface area (Å²) in [7, 11) is 0. The van der Waals surface area contributed by atoms with Gasteiger partial charge in [0, 0.05) is 34.4 Å². The molecule has 32 heavy (non-hydrogen) atoms. The number of anilines is 1. The number of hydrogen-bond donors (Lipinski definition) is 2. The van der Waals surface area contributed by atoms with Crippen molar-refractivity contribution in [2.45, 2.75) is 25.3 Å². The van der Waals surface area contributed by atoms with E-state index in [9.17, 15) is 4.39 Å². The van der Waals surface area contributed by atoms with Gasteiger partial charge in [-0.3, -0.25) is 4.98 Å². The van der Waals surface area contributed by atoms with Crippen LogP contribution in [-0.2, 0) is 12.8 Å². The molecule has 0 aliphatic heterocycles. The van der Waals surface area contributed by atoms with Crippen LogP contribution in [0.25, 0.3) is 27.9 Å². The number of aryl methyl sites for hydroxylation is 1. The van der Waals surface area contributed by atoms with Crippen LogP contribution in [0, 0.1) is 18.2 Å². The predicted molar refractivity (Wildman–Crippen MR) is 120 cm³/mol. The molecule has 1 aliphatic carbocycles. The van der Waals surface area contributed by atoms with Crippen LogP contribution in [-0.4, -0.2) is 35.6 Å². The van der Waals surface area contributed by atoms with Gasteiger partial charge in [-0.25, -0.2) is 9.37 Å². The van der Waals surface area contributed by atoms with Crippen LogP contribution in [0.2, 0.25) is 0 Å². The quantitative estimate of drug-likeness (QED) is 0.432. The minimum absolute atomic E-state index is 0.150. The molecule has 0 bridgehead atoms. The summed E-state index contributed by atoms with van der Waals surface area (Å²) in [6.45, 7) is 0. The highest BCUT2D eigenvalue weighted by molar-refractivity contribution is 5.85. The fourth-order valence-electron chi connectivity index (χ4n) is 4.41. The van der Waals surface area contributed by atoms with Crippen molar-refractivity contribution in [2.75, 3.05) is 5.32 Å². The van der Waals surface area contributed by atoms with Crippen molar-refractivity contribution in [3.8, 4) is 23.7 Å². The maximum atomic E-state index is 13.8. The van der Waals surface area contributed by atoms with Gasteiger partial charge >= 0.3 is 0 Å². The SMILES string of the molecule is C#Cc1cnn2c(NC3CCc4[nH]c5ccccc5c4C3)nc(-c3cncc(F)c3)nc12. The maximum Gasteiger partial charge on any atom is 0.228 e. The number of halogens is 1. The molecule has 6 rings (SSSR count). The summed E-state index contributed by atoms with van der Waals surface area (Å²) in [6.07, 6.45) is 12.6. The number of fused-ring (bicyclic) bond motifs is 4. The first-order valence-corrected chi connectivity index (χ1v) is 10.4. The minimum atomic E-state index is -0.453. The molecule has 2 N–H and O–H groups in total. The van der Waals surface area contributed by atoms with Crippen molar-refractivity contribution in [3.63, 3.8) is 0 Å². The van der Waals surface area contributed by atoms with Crippen molar-refractivity contribution in [1.29, 1.82) is 0 Å². The van der Waals surface area contributed by atoms with Gasteiger partial charge in [0.25, 0.3) is 0 Å². The van der Waals surface area contributed by atoms with Gasteiger partial charge in [0.1, 0.15) is 5.82 Å². The Morgan fingerprint density at radius 1 is 1.19 bits per heavy atom. The lowest BCUT2D eigenvalue weighted by Gasteiger charge is -2.24. The Hall–Kier alpha value is -4.25. The van der Waals surface area contributed by atoms with E-state index in [1.54, 1.807) is 10.7 Å². The molecular formula is C24H18FN7. The lowest BCUT2D eigenvalue weighted by atomic mass is 9.91. The second-order valence-electron chi connectivity index (χ2n) is 7.91. The number of para-hydroxylation sites is 1. The molecule has 1 atom stereocenters. The Morgan fingerprint density at radius 3 is 2.97 bits per heavy atom. The number of aromatic amines is 1. The number of hydrogen-bond acceptors (Lipinski definition) is 5. The summed E-state index contributed by atoms with van der Waals surface area (Å²) >= 11 is 0. The highest BCUT2D eigenvalue weighted by Gasteiger charge is 2.24. The second kappa shape index (κ2) is 7.17. The predicted octanol–water partition coefficient (Wildman–Crippen LogP) is 3.76. The Bertz CT molecular complexity index is 1520. The lowest BCUT2D eigenvalue weighted by Crippen LogP contribution is -2.29. The van der Waals surface area contributed by atoms with Gasteiger partial charge in [0.05, 0.1) is 18.0 Å². The summed E-state index contributed by atoms with van der Waals surface area (Å²) < 4.78 is 15.4. The summed E-state index contributed by atoms with van der Waals surface area (Å²) in [5.74, 6) is 3.01. The van der Waals surface area contributed by atoms with Crippen LogP contribution in [0.1, 0.15) is 23.2 Å². The van der Waals surface area contributed by atoms with E-state index in [-0.39, 0.29) is 6.04 Å². The zero-order chi connectivity index (χ0) is 21.7. The van der Waals surface area contributed by atoms with Crippen LogP contribution in [0.15, 0.2) is 48.9 Å². The molecule has 1 aliphatic rings. The van der Waals surface area contributed by atoms with Crippen molar-refractivity contribution in [2.24, 2.45) is 0 Å². The Labute approximate surface area is 182 Å². The number of terminal acetylenes is 1. The van der Waals surface area contributed by atoms with E-state index in [1.807, 2.05) is 6.07 Å². The lowest BCUT2D eigenvalue weighted by molar-refractivity contribution is 0.599. The van der Waals surface area contributed by atoms with E-state index >= 15 is 0 Å². The maximum absolute atomic E-state index is 13.8. The summed E-state index contributed by atoms with van der Waals surface area (Å²) in [5.41, 5.74) is 5.29. The van der Waals surface area contributed by atoms with Crippen LogP contribution in [0.5, 0.6) is 0 Å². The highest BCUT2D eigenvalue weighted by Crippen LogP contribution is 2.30. The van der Waals surface area contributed by atoms with Gasteiger partial charge in [-0.05, 0) is 37.0 Å². The Kier molecular flexibility index (Phi) is 4.15. The fourth-order valence-corrected chi connectivity index (χ4v) is 4.41. The monoisotopic (exact) mass is 423 g/mol. The molecule has 1 aromatic carbocycles. The van der Waals surface area contributed by atoms with E-state index in [1.165, 1.54) is 28.9 Å². The van der Waals surface area contributed by atoms with Gasteiger partial charge in [-0.1, -0.05) is 24.1 Å². The summed E-state index contributed by atoms with van der Waals surface area (Å²) in [5, 5.41) is 9.17. The van der Waals surface area contributed by atoms with E-state index in [0.717, 1.165) is 31.0 Å². The van der Waals surface area contributed by atoms with E-state index in [4.69, 9.17) is 6.42 Å². The highest BCUT2D eigenvalue weighted by atomic mass is 19.1. The summed E-state index contributed by atoms with van der Waals surface area (Å²) in [6, 6.07) is 9.86. The standard InChI is InChI=1S/C24H18FN7/c1-2-14-12-27-32-23(14)30-22(15-9-16(25)13-26-11-15)31-24(32)28-17-7-8-21-19(10-17)18-5-3-4-6-20(18)29-21/h1,3-6,9,11-13,17,29H,7-8,10H2,(H,28,30,31). The molecule has 7 nitrogen and oxygen atoms in total. The molecule has 0 saturated carbocycles. The van der Waals surface area contributed by atoms with E-state index in [0.29, 0.717) is 28.5 Å². The zero-order valence-electron chi connectivity index (χ0n) is 17.0. The van der Waals surface area contributed by atoms with E-state index < -0.39 is 5.82 Å². The first kappa shape index (κ1) is 18.5. The van der Waals surface area contributed by atoms with Gasteiger partial charge in [0.15, 0.2) is 11.5 Å². The van der Waals surface area contributed by atoms with Crippen molar-refractivity contribution in [3.05, 3.63) is 71.6 Å². The number of aromatic nitrogens is 6. The average molecular weight is 423 g/mol. The Balaban J connectivity index is 1.41. The van der Waals surface area contributed by atoms with Crippen LogP contribution in [0.3, 0.4) is 0 Å². The number of benzene rings is 1. The normalized spacial score (nSPS) is 15.6. The first-order chi connectivity index (χ1) is 15.7.